The molecule has 0 aliphatic carbocycles. The number of anilines is 1. The molecule has 1 aromatic carbocycles. The van der Waals surface area contributed by atoms with E-state index in [0.717, 1.165) is 24.6 Å². The molecular formula is C19H24ClN5O2. The molecular weight excluding hydrogens is 366 g/mol. The molecule has 0 N–H and O–H groups in total. The van der Waals surface area contributed by atoms with Crippen molar-refractivity contribution in [2.75, 3.05) is 31.6 Å². The first kappa shape index (κ1) is 18.1. The first-order valence-electron chi connectivity index (χ1n) is 9.34. The highest BCUT2D eigenvalue weighted by Gasteiger charge is 2.54. The van der Waals surface area contributed by atoms with Crippen LogP contribution in [0.3, 0.4) is 0 Å². The van der Waals surface area contributed by atoms with Gasteiger partial charge in [0, 0.05) is 37.4 Å². The number of nitrogens with zero attached hydrogens (tertiary/aromatic N) is 5. The largest absolute Gasteiger partial charge is 0.328 e. The third kappa shape index (κ3) is 2.94. The summed E-state index contributed by atoms with van der Waals surface area (Å²) in [5.74, 6) is 1.04. The molecule has 1 aromatic rings. The van der Waals surface area contributed by atoms with Gasteiger partial charge in [-0.15, -0.1) is 0 Å². The van der Waals surface area contributed by atoms with E-state index in [1.807, 2.05) is 29.2 Å². The monoisotopic (exact) mass is 389 g/mol. The maximum Gasteiger partial charge on any atom is 0.328 e. The van der Waals surface area contributed by atoms with Crippen LogP contribution < -0.4 is 4.90 Å². The molecule has 0 bridgehead atoms. The second-order valence-corrected chi connectivity index (χ2v) is 8.11. The maximum absolute atomic E-state index is 13.1. The Kier molecular flexibility index (Phi) is 4.50. The van der Waals surface area contributed by atoms with Crippen molar-refractivity contribution in [1.82, 2.24) is 14.7 Å². The number of likely N-dealkylation sites (N-methyl/N-ethyl adjacent to an activating group) is 1. The summed E-state index contributed by atoms with van der Waals surface area (Å²) in [6.07, 6.45) is 0.332. The second kappa shape index (κ2) is 6.71. The van der Waals surface area contributed by atoms with E-state index in [2.05, 4.69) is 18.7 Å². The van der Waals surface area contributed by atoms with Crippen LogP contribution in [0.15, 0.2) is 29.3 Å². The number of rotatable bonds is 4. The highest BCUT2D eigenvalue weighted by molar-refractivity contribution is 6.30. The van der Waals surface area contributed by atoms with Crippen LogP contribution in [-0.4, -0.2) is 71.5 Å². The zero-order valence-electron chi connectivity index (χ0n) is 15.8. The number of fused-ring (bicyclic) bond motifs is 3. The maximum atomic E-state index is 13.1. The van der Waals surface area contributed by atoms with Crippen molar-refractivity contribution in [3.8, 4) is 0 Å². The lowest BCUT2D eigenvalue weighted by molar-refractivity contribution is -0.137. The molecule has 0 saturated carbocycles. The second-order valence-electron chi connectivity index (χ2n) is 7.67. The number of carbonyl (C=O) groups is 2. The normalized spacial score (nSPS) is 24.7. The minimum atomic E-state index is -0.467. The summed E-state index contributed by atoms with van der Waals surface area (Å²) in [5, 5.41) is 0.679. The Morgan fingerprint density at radius 2 is 1.89 bits per heavy atom. The predicted octanol–water partition coefficient (Wildman–Crippen LogP) is 2.47. The van der Waals surface area contributed by atoms with Crippen molar-refractivity contribution in [3.63, 3.8) is 0 Å². The molecule has 4 rings (SSSR count). The van der Waals surface area contributed by atoms with Crippen molar-refractivity contribution >= 4 is 35.2 Å². The minimum absolute atomic E-state index is 0.138. The number of guanidine groups is 1. The van der Waals surface area contributed by atoms with Crippen molar-refractivity contribution < 1.29 is 9.59 Å². The summed E-state index contributed by atoms with van der Waals surface area (Å²) in [6.45, 7) is 6.08. The number of benzene rings is 1. The van der Waals surface area contributed by atoms with E-state index >= 15 is 0 Å². The summed E-state index contributed by atoms with van der Waals surface area (Å²) in [4.78, 5) is 37.7. The summed E-state index contributed by atoms with van der Waals surface area (Å²) >= 11 is 6.00. The zero-order chi connectivity index (χ0) is 19.3. The number of amides is 3. The van der Waals surface area contributed by atoms with E-state index < -0.39 is 12.2 Å². The van der Waals surface area contributed by atoms with E-state index in [1.54, 1.807) is 11.9 Å². The molecule has 3 amide bonds. The Morgan fingerprint density at radius 3 is 2.56 bits per heavy atom. The first-order chi connectivity index (χ1) is 12.9. The van der Waals surface area contributed by atoms with Crippen molar-refractivity contribution in [2.45, 2.75) is 32.5 Å². The molecule has 7 nitrogen and oxygen atoms in total. The number of carbonyl (C=O) groups excluding carboxylic acids is 2. The molecule has 0 spiro atoms. The fourth-order valence-electron chi connectivity index (χ4n) is 3.90. The zero-order valence-corrected chi connectivity index (χ0v) is 16.6. The lowest BCUT2D eigenvalue weighted by atomic mass is 10.1. The van der Waals surface area contributed by atoms with Gasteiger partial charge in [-0.25, -0.2) is 9.79 Å². The van der Waals surface area contributed by atoms with Crippen LogP contribution in [0.25, 0.3) is 0 Å². The number of imide groups is 1. The lowest BCUT2D eigenvalue weighted by Gasteiger charge is -2.40. The molecule has 0 aromatic heterocycles. The van der Waals surface area contributed by atoms with Crippen LogP contribution in [0.4, 0.5) is 10.5 Å². The molecule has 2 saturated heterocycles. The number of hydrogen-bond donors (Lipinski definition) is 0. The summed E-state index contributed by atoms with van der Waals surface area (Å²) in [7, 11) is 1.73. The van der Waals surface area contributed by atoms with Gasteiger partial charge in [0.15, 0.2) is 12.2 Å². The molecule has 3 aliphatic heterocycles. The van der Waals surface area contributed by atoms with Crippen molar-refractivity contribution in [1.29, 1.82) is 0 Å². The molecule has 2 fully saturated rings. The Bertz CT molecular complexity index is 794. The first-order valence-corrected chi connectivity index (χ1v) is 9.72. The van der Waals surface area contributed by atoms with Crippen LogP contribution >= 0.6 is 11.6 Å². The molecule has 2 atom stereocenters. The molecule has 144 valence electrons. The molecule has 3 aliphatic rings. The Labute approximate surface area is 164 Å². The van der Waals surface area contributed by atoms with Crippen molar-refractivity contribution in [3.05, 3.63) is 29.3 Å². The van der Waals surface area contributed by atoms with Gasteiger partial charge in [0.1, 0.15) is 0 Å². The molecule has 8 heteroatoms. The Hall–Kier alpha value is -2.28. The van der Waals surface area contributed by atoms with Gasteiger partial charge in [-0.05, 0) is 36.6 Å². The van der Waals surface area contributed by atoms with Gasteiger partial charge >= 0.3 is 6.03 Å². The minimum Gasteiger partial charge on any atom is -0.325 e. The topological polar surface area (TPSA) is 59.5 Å². The van der Waals surface area contributed by atoms with Gasteiger partial charge in [-0.3, -0.25) is 9.69 Å². The third-order valence-electron chi connectivity index (χ3n) is 5.45. The standard InChI is InChI=1S/C19H24ClN5O2/c1-12(2)8-9-25-17(26)15-16(22(3)19(25)27)21-18-23(10-11-24(15)18)14-6-4-13(20)5-7-14/h4-7,12,15-16H,8-11H2,1-3H3. The number of hydrogen-bond acceptors (Lipinski definition) is 5. The van der Waals surface area contributed by atoms with Gasteiger partial charge in [0.2, 0.25) is 5.96 Å². The predicted molar refractivity (Wildman–Crippen MR) is 105 cm³/mol. The molecule has 27 heavy (non-hydrogen) atoms. The van der Waals surface area contributed by atoms with E-state index in [0.29, 0.717) is 24.0 Å². The van der Waals surface area contributed by atoms with Crippen LogP contribution in [0.1, 0.15) is 20.3 Å². The smallest absolute Gasteiger partial charge is 0.325 e. The fourth-order valence-corrected chi connectivity index (χ4v) is 4.02. The number of halogens is 1. The SMILES string of the molecule is CC(C)CCN1C(=O)C2C(N=C3N(c4ccc(Cl)cc4)CCN32)N(C)C1=O. The Balaban J connectivity index is 1.61. The van der Waals surface area contributed by atoms with Crippen LogP contribution in [0, 0.1) is 5.92 Å². The summed E-state index contributed by atoms with van der Waals surface area (Å²) in [6, 6.07) is 6.88. The lowest BCUT2D eigenvalue weighted by Crippen LogP contribution is -2.64. The molecule has 3 heterocycles. The van der Waals surface area contributed by atoms with Gasteiger partial charge in [-0.1, -0.05) is 25.4 Å². The summed E-state index contributed by atoms with van der Waals surface area (Å²) < 4.78 is 0. The summed E-state index contributed by atoms with van der Waals surface area (Å²) in [5.41, 5.74) is 0.984. The quantitative estimate of drug-likeness (QED) is 0.793. The van der Waals surface area contributed by atoms with E-state index in [9.17, 15) is 9.59 Å². The average molecular weight is 390 g/mol. The van der Waals surface area contributed by atoms with Crippen molar-refractivity contribution in [2.24, 2.45) is 10.9 Å². The van der Waals surface area contributed by atoms with E-state index in [-0.39, 0.29) is 11.9 Å². The van der Waals surface area contributed by atoms with Crippen LogP contribution in [-0.2, 0) is 4.79 Å². The van der Waals surface area contributed by atoms with Crippen LogP contribution in [0.2, 0.25) is 5.02 Å². The fraction of sp³-hybridized carbons (Fsp3) is 0.526. The third-order valence-corrected chi connectivity index (χ3v) is 5.70. The Morgan fingerprint density at radius 1 is 1.19 bits per heavy atom. The highest BCUT2D eigenvalue weighted by atomic mass is 35.5. The number of aliphatic imine (C=N–C) groups is 1. The van der Waals surface area contributed by atoms with Gasteiger partial charge in [0.25, 0.3) is 5.91 Å². The van der Waals surface area contributed by atoms with Gasteiger partial charge in [0.05, 0.1) is 0 Å². The van der Waals surface area contributed by atoms with Crippen LogP contribution in [0.5, 0.6) is 0 Å². The molecule has 0 radical (unpaired) electrons. The van der Waals surface area contributed by atoms with Gasteiger partial charge in [-0.2, -0.15) is 0 Å². The van der Waals surface area contributed by atoms with E-state index in [1.165, 1.54) is 4.90 Å². The average Bonchev–Trinajstić information content (AvgIpc) is 3.19. The number of urea groups is 1. The van der Waals surface area contributed by atoms with E-state index in [4.69, 9.17) is 16.6 Å². The van der Waals surface area contributed by atoms with Gasteiger partial charge < -0.3 is 14.7 Å². The highest BCUT2D eigenvalue weighted by Crippen LogP contribution is 2.33. The molecule has 2 unspecified atom stereocenters.